The number of nitrogens with zero attached hydrogens (tertiary/aromatic N) is 1. The van der Waals surface area contributed by atoms with Gasteiger partial charge in [0.05, 0.1) is 12.7 Å². The van der Waals surface area contributed by atoms with Crippen molar-refractivity contribution in [3.05, 3.63) is 0 Å². The molecule has 0 bridgehead atoms. The Balaban J connectivity index is 1.58. The molecule has 2 fully saturated rings. The Labute approximate surface area is 107 Å². The van der Waals surface area contributed by atoms with Gasteiger partial charge in [-0.3, -0.25) is 0 Å². The molecular weight excluding hydrogens is 210 g/mol. The minimum atomic E-state index is 0.420. The van der Waals surface area contributed by atoms with Crippen LogP contribution in [-0.2, 0) is 4.74 Å². The first-order valence-electron chi connectivity index (χ1n) is 7.36. The number of ether oxygens (including phenoxy) is 1. The van der Waals surface area contributed by atoms with Gasteiger partial charge < -0.3 is 9.64 Å². The minimum Gasteiger partial charge on any atom is -0.377 e. The predicted octanol–water partition coefficient (Wildman–Crippen LogP) is 3.31. The molecule has 1 atom stereocenters. The van der Waals surface area contributed by atoms with Crippen LogP contribution in [0.15, 0.2) is 0 Å². The minimum absolute atomic E-state index is 0.420. The summed E-state index contributed by atoms with van der Waals surface area (Å²) in [5.41, 5.74) is 0.774. The second kappa shape index (κ2) is 5.27. The molecule has 0 amide bonds. The summed E-state index contributed by atoms with van der Waals surface area (Å²) in [4.78, 5) is 2.51. The zero-order valence-corrected chi connectivity index (χ0v) is 12.0. The van der Waals surface area contributed by atoms with Crippen molar-refractivity contribution in [3.8, 4) is 0 Å². The predicted molar refractivity (Wildman–Crippen MR) is 72.2 cm³/mol. The first-order valence-corrected chi connectivity index (χ1v) is 7.36. The van der Waals surface area contributed by atoms with E-state index in [9.17, 15) is 0 Å². The van der Waals surface area contributed by atoms with Gasteiger partial charge in [0, 0.05) is 12.6 Å². The third-order valence-corrected chi connectivity index (χ3v) is 4.94. The van der Waals surface area contributed by atoms with Gasteiger partial charge >= 0.3 is 0 Å². The van der Waals surface area contributed by atoms with Crippen molar-refractivity contribution in [2.45, 2.75) is 65.0 Å². The van der Waals surface area contributed by atoms with Gasteiger partial charge in [0.25, 0.3) is 0 Å². The van der Waals surface area contributed by atoms with E-state index in [-0.39, 0.29) is 0 Å². The summed E-state index contributed by atoms with van der Waals surface area (Å²) in [6.07, 6.45) is 7.40. The molecule has 0 radical (unpaired) electrons. The maximum Gasteiger partial charge on any atom is 0.0597 e. The summed E-state index contributed by atoms with van der Waals surface area (Å²) < 4.78 is 5.75. The fourth-order valence-electron chi connectivity index (χ4n) is 3.70. The normalized spacial score (nSPS) is 37.9. The highest BCUT2D eigenvalue weighted by Crippen LogP contribution is 2.59. The highest BCUT2D eigenvalue weighted by atomic mass is 16.5. The zero-order chi connectivity index (χ0) is 12.5. The van der Waals surface area contributed by atoms with Crippen molar-refractivity contribution >= 4 is 0 Å². The fraction of sp³-hybridized carbons (Fsp3) is 1.00. The van der Waals surface area contributed by atoms with E-state index in [0.29, 0.717) is 6.10 Å². The Morgan fingerprint density at radius 1 is 1.29 bits per heavy atom. The average molecular weight is 239 g/mol. The molecule has 2 nitrogen and oxygen atoms in total. The largest absolute Gasteiger partial charge is 0.377 e. The first kappa shape index (κ1) is 13.4. The lowest BCUT2D eigenvalue weighted by atomic mass is 9.50. The van der Waals surface area contributed by atoms with Gasteiger partial charge in [-0.2, -0.15) is 0 Å². The van der Waals surface area contributed by atoms with Gasteiger partial charge in [-0.05, 0) is 57.4 Å². The number of hydrogen-bond acceptors (Lipinski definition) is 2. The van der Waals surface area contributed by atoms with Gasteiger partial charge in [-0.15, -0.1) is 0 Å². The van der Waals surface area contributed by atoms with Crippen LogP contribution in [0.2, 0.25) is 0 Å². The molecule has 2 saturated carbocycles. The van der Waals surface area contributed by atoms with Crippen molar-refractivity contribution in [3.63, 3.8) is 0 Å². The van der Waals surface area contributed by atoms with Crippen LogP contribution in [0, 0.1) is 11.3 Å². The summed E-state index contributed by atoms with van der Waals surface area (Å²) in [5, 5.41) is 0. The van der Waals surface area contributed by atoms with E-state index in [1.165, 1.54) is 25.7 Å². The maximum absolute atomic E-state index is 5.75. The Kier molecular flexibility index (Phi) is 4.14. The molecule has 2 heteroatoms. The third kappa shape index (κ3) is 3.03. The molecule has 2 rings (SSSR count). The summed E-state index contributed by atoms with van der Waals surface area (Å²) in [6.45, 7) is 8.73. The molecule has 0 heterocycles. The van der Waals surface area contributed by atoms with Crippen LogP contribution in [-0.4, -0.2) is 37.2 Å². The molecule has 2 aliphatic carbocycles. The topological polar surface area (TPSA) is 12.5 Å². The van der Waals surface area contributed by atoms with Crippen LogP contribution in [0.4, 0.5) is 0 Å². The van der Waals surface area contributed by atoms with Crippen molar-refractivity contribution in [1.82, 2.24) is 4.90 Å². The Hall–Kier alpha value is -0.0800. The van der Waals surface area contributed by atoms with Gasteiger partial charge in [-0.25, -0.2) is 0 Å². The number of likely N-dealkylation sites (N-methyl/N-ethyl adjacent to an activating group) is 1. The van der Waals surface area contributed by atoms with E-state index in [1.54, 1.807) is 0 Å². The average Bonchev–Trinajstić information content (AvgIpc) is 2.20. The van der Waals surface area contributed by atoms with Crippen molar-refractivity contribution in [2.24, 2.45) is 11.3 Å². The Morgan fingerprint density at radius 3 is 2.47 bits per heavy atom. The number of hydrogen-bond donors (Lipinski definition) is 0. The standard InChI is InChI=1S/C15H29NO/c1-5-13(3)17-7-6-16(4)14-10-15(11-14)8-12(2)9-15/h12-14H,5-11H2,1-4H3. The molecule has 0 N–H and O–H groups in total. The molecular formula is C15H29NO. The summed E-state index contributed by atoms with van der Waals surface area (Å²) in [6, 6.07) is 0.836. The molecule has 17 heavy (non-hydrogen) atoms. The molecule has 0 aromatic carbocycles. The third-order valence-electron chi connectivity index (χ3n) is 4.94. The monoisotopic (exact) mass is 239 g/mol. The van der Waals surface area contributed by atoms with E-state index < -0.39 is 0 Å². The second-order valence-corrected chi connectivity index (χ2v) is 6.65. The van der Waals surface area contributed by atoms with Gasteiger partial charge in [0.1, 0.15) is 0 Å². The fourth-order valence-corrected chi connectivity index (χ4v) is 3.70. The lowest BCUT2D eigenvalue weighted by molar-refractivity contribution is -0.0826. The molecule has 1 unspecified atom stereocenters. The van der Waals surface area contributed by atoms with Crippen LogP contribution in [0.1, 0.15) is 52.9 Å². The number of rotatable bonds is 6. The Bertz CT molecular complexity index is 239. The highest BCUT2D eigenvalue weighted by Gasteiger charge is 2.52. The summed E-state index contributed by atoms with van der Waals surface area (Å²) in [7, 11) is 2.26. The molecule has 2 aliphatic rings. The smallest absolute Gasteiger partial charge is 0.0597 e. The van der Waals surface area contributed by atoms with E-state index in [1.807, 2.05) is 0 Å². The first-order chi connectivity index (χ1) is 8.04. The van der Waals surface area contributed by atoms with E-state index >= 15 is 0 Å². The van der Waals surface area contributed by atoms with Crippen LogP contribution >= 0.6 is 0 Å². The summed E-state index contributed by atoms with van der Waals surface area (Å²) in [5.74, 6) is 0.995. The zero-order valence-electron chi connectivity index (χ0n) is 12.0. The molecule has 0 aromatic heterocycles. The maximum atomic E-state index is 5.75. The van der Waals surface area contributed by atoms with Gasteiger partial charge in [0.15, 0.2) is 0 Å². The summed E-state index contributed by atoms with van der Waals surface area (Å²) >= 11 is 0. The van der Waals surface area contributed by atoms with Crippen molar-refractivity contribution in [1.29, 1.82) is 0 Å². The molecule has 100 valence electrons. The Morgan fingerprint density at radius 2 is 1.94 bits per heavy atom. The lowest BCUT2D eigenvalue weighted by Gasteiger charge is -2.59. The van der Waals surface area contributed by atoms with Crippen molar-refractivity contribution in [2.75, 3.05) is 20.2 Å². The highest BCUT2D eigenvalue weighted by molar-refractivity contribution is 5.04. The lowest BCUT2D eigenvalue weighted by Crippen LogP contribution is -2.55. The van der Waals surface area contributed by atoms with Gasteiger partial charge in [0.2, 0.25) is 0 Å². The van der Waals surface area contributed by atoms with E-state index in [0.717, 1.165) is 36.9 Å². The van der Waals surface area contributed by atoms with Crippen LogP contribution in [0.25, 0.3) is 0 Å². The van der Waals surface area contributed by atoms with E-state index in [4.69, 9.17) is 4.74 Å². The molecule has 0 saturated heterocycles. The molecule has 0 aliphatic heterocycles. The van der Waals surface area contributed by atoms with Crippen LogP contribution in [0.3, 0.4) is 0 Å². The molecule has 0 aromatic rings. The SMILES string of the molecule is CCC(C)OCCN(C)C1CC2(CC(C)C2)C1. The molecule has 1 spiro atoms. The van der Waals surface area contributed by atoms with Crippen LogP contribution in [0.5, 0.6) is 0 Å². The van der Waals surface area contributed by atoms with E-state index in [2.05, 4.69) is 32.7 Å². The van der Waals surface area contributed by atoms with Crippen molar-refractivity contribution < 1.29 is 4.74 Å². The van der Waals surface area contributed by atoms with Crippen LogP contribution < -0.4 is 0 Å². The second-order valence-electron chi connectivity index (χ2n) is 6.65. The quantitative estimate of drug-likeness (QED) is 0.705. The van der Waals surface area contributed by atoms with Gasteiger partial charge in [-0.1, -0.05) is 13.8 Å².